The first-order valence-corrected chi connectivity index (χ1v) is 2.82. The van der Waals surface area contributed by atoms with E-state index in [4.69, 9.17) is 11.0 Å². The fraction of sp³-hybridized carbons (Fsp3) is 0.833. The zero-order chi connectivity index (χ0) is 6.57. The van der Waals surface area contributed by atoms with Gasteiger partial charge in [-0.25, -0.2) is 0 Å². The molecule has 0 aliphatic heterocycles. The molecule has 2 N–H and O–H groups in total. The molecule has 0 bridgehead atoms. The fourth-order valence-electron chi connectivity index (χ4n) is 0.561. The Morgan fingerprint density at radius 1 is 1.56 bits per heavy atom. The lowest BCUT2D eigenvalue weighted by molar-refractivity contribution is 0.551. The molecule has 3 heteroatoms. The Kier molecular flexibility index (Phi) is 7.52. The molecule has 0 aliphatic rings. The van der Waals surface area contributed by atoms with Crippen LogP contribution in [0.15, 0.2) is 0 Å². The summed E-state index contributed by atoms with van der Waals surface area (Å²) >= 11 is 0. The normalized spacial score (nSPS) is 11.9. The zero-order valence-electron chi connectivity index (χ0n) is 5.79. The Morgan fingerprint density at radius 2 is 2.00 bits per heavy atom. The smallest absolute Gasteiger partial charge is 0.0930 e. The molecule has 1 atom stereocenters. The summed E-state index contributed by atoms with van der Waals surface area (Å²) in [6, 6.07) is 1.71. The van der Waals surface area contributed by atoms with Crippen molar-refractivity contribution >= 4 is 12.4 Å². The van der Waals surface area contributed by atoms with Gasteiger partial charge in [0.2, 0.25) is 0 Å². The van der Waals surface area contributed by atoms with E-state index in [0.29, 0.717) is 5.92 Å². The summed E-state index contributed by atoms with van der Waals surface area (Å²) in [4.78, 5) is 0. The van der Waals surface area contributed by atoms with E-state index in [1.807, 2.05) is 6.07 Å². The Morgan fingerprint density at radius 3 is 2.11 bits per heavy atom. The van der Waals surface area contributed by atoms with Crippen LogP contribution < -0.4 is 5.73 Å². The van der Waals surface area contributed by atoms with Crippen LogP contribution in [0.3, 0.4) is 0 Å². The lowest BCUT2D eigenvalue weighted by atomic mass is 10.1. The van der Waals surface area contributed by atoms with E-state index < -0.39 is 0 Å². The van der Waals surface area contributed by atoms with Gasteiger partial charge in [-0.15, -0.1) is 12.4 Å². The maximum absolute atomic E-state index is 8.21. The minimum absolute atomic E-state index is 0. The summed E-state index contributed by atoms with van der Waals surface area (Å²) < 4.78 is 0. The molecule has 0 spiro atoms. The second-order valence-electron chi connectivity index (χ2n) is 2.37. The summed E-state index contributed by atoms with van der Waals surface area (Å²) in [7, 11) is 0. The second kappa shape index (κ2) is 5.87. The highest BCUT2D eigenvalue weighted by Gasteiger charge is 2.01. The predicted molar refractivity (Wildman–Crippen MR) is 40.3 cm³/mol. The van der Waals surface area contributed by atoms with E-state index in [1.54, 1.807) is 0 Å². The van der Waals surface area contributed by atoms with Gasteiger partial charge in [0.1, 0.15) is 0 Å². The Bertz CT molecular complexity index is 95.7. The molecule has 0 heterocycles. The van der Waals surface area contributed by atoms with Crippen molar-refractivity contribution in [3.05, 3.63) is 0 Å². The molecule has 54 valence electrons. The van der Waals surface area contributed by atoms with Crippen molar-refractivity contribution in [3.8, 4) is 6.07 Å². The number of nitriles is 1. The molecule has 9 heavy (non-hydrogen) atoms. The van der Waals surface area contributed by atoms with E-state index >= 15 is 0 Å². The van der Waals surface area contributed by atoms with E-state index in [2.05, 4.69) is 13.8 Å². The molecule has 0 fully saturated rings. The van der Waals surface area contributed by atoms with Gasteiger partial charge in [-0.3, -0.25) is 0 Å². The number of halogens is 1. The summed E-state index contributed by atoms with van der Waals surface area (Å²) in [5.41, 5.74) is 5.31. The van der Waals surface area contributed by atoms with Gasteiger partial charge in [-0.05, 0) is 12.3 Å². The van der Waals surface area contributed by atoms with E-state index in [1.165, 1.54) is 0 Å². The third-order valence-corrected chi connectivity index (χ3v) is 0.891. The van der Waals surface area contributed by atoms with Gasteiger partial charge in [0, 0.05) is 0 Å². The summed E-state index contributed by atoms with van der Waals surface area (Å²) in [6.45, 7) is 4.11. The average molecular weight is 149 g/mol. The summed E-state index contributed by atoms with van der Waals surface area (Å²) in [5.74, 6) is 0.532. The fourth-order valence-corrected chi connectivity index (χ4v) is 0.561. The maximum atomic E-state index is 8.21. The van der Waals surface area contributed by atoms with Crippen LogP contribution in [-0.4, -0.2) is 6.04 Å². The molecule has 0 rings (SSSR count). The molecule has 0 saturated heterocycles. The van der Waals surface area contributed by atoms with Crippen molar-refractivity contribution in [2.75, 3.05) is 0 Å². The molecule has 0 aromatic carbocycles. The molecule has 0 aromatic rings. The number of nitrogens with zero attached hydrogens (tertiary/aromatic N) is 1. The number of hydrogen-bond acceptors (Lipinski definition) is 2. The Labute approximate surface area is 62.4 Å². The van der Waals surface area contributed by atoms with Crippen LogP contribution in [0.4, 0.5) is 0 Å². The lowest BCUT2D eigenvalue weighted by Crippen LogP contribution is -2.19. The summed E-state index contributed by atoms with van der Waals surface area (Å²) in [5, 5.41) is 8.21. The monoisotopic (exact) mass is 148 g/mol. The first-order valence-electron chi connectivity index (χ1n) is 2.82. The molecule has 0 radical (unpaired) electrons. The quantitative estimate of drug-likeness (QED) is 0.642. The zero-order valence-corrected chi connectivity index (χ0v) is 6.61. The standard InChI is InChI=1S/C6H12N2.ClH/c1-5(2)3-6(8)4-7;/h5-6H,3,8H2,1-2H3;1H/t6-;/m1./s1. The highest BCUT2D eigenvalue weighted by atomic mass is 35.5. The van der Waals surface area contributed by atoms with Gasteiger partial charge in [-0.2, -0.15) is 5.26 Å². The van der Waals surface area contributed by atoms with Crippen molar-refractivity contribution in [1.82, 2.24) is 0 Å². The Balaban J connectivity index is 0. The van der Waals surface area contributed by atoms with Gasteiger partial charge >= 0.3 is 0 Å². The number of nitrogens with two attached hydrogens (primary N) is 1. The molecule has 0 saturated carbocycles. The first-order chi connectivity index (χ1) is 3.66. The maximum Gasteiger partial charge on any atom is 0.0930 e. The van der Waals surface area contributed by atoms with Crippen LogP contribution in [0.25, 0.3) is 0 Å². The van der Waals surface area contributed by atoms with Crippen molar-refractivity contribution in [2.45, 2.75) is 26.3 Å². The van der Waals surface area contributed by atoms with Crippen LogP contribution in [0.1, 0.15) is 20.3 Å². The van der Waals surface area contributed by atoms with Crippen molar-refractivity contribution in [3.63, 3.8) is 0 Å². The molecule has 2 nitrogen and oxygen atoms in total. The largest absolute Gasteiger partial charge is 0.316 e. The molecule has 0 unspecified atom stereocenters. The first kappa shape index (κ1) is 11.5. The van der Waals surface area contributed by atoms with E-state index in [0.717, 1.165) is 6.42 Å². The number of hydrogen-bond donors (Lipinski definition) is 1. The molecule has 0 aromatic heterocycles. The van der Waals surface area contributed by atoms with Gasteiger partial charge in [0.15, 0.2) is 0 Å². The van der Waals surface area contributed by atoms with Crippen molar-refractivity contribution in [1.29, 1.82) is 5.26 Å². The number of rotatable bonds is 2. The van der Waals surface area contributed by atoms with Gasteiger partial charge in [0.05, 0.1) is 12.1 Å². The highest BCUT2D eigenvalue weighted by molar-refractivity contribution is 5.85. The van der Waals surface area contributed by atoms with Crippen molar-refractivity contribution < 1.29 is 0 Å². The van der Waals surface area contributed by atoms with E-state index in [9.17, 15) is 0 Å². The van der Waals surface area contributed by atoms with Crippen LogP contribution in [0.2, 0.25) is 0 Å². The van der Waals surface area contributed by atoms with Gasteiger partial charge < -0.3 is 5.73 Å². The lowest BCUT2D eigenvalue weighted by Gasteiger charge is -2.03. The topological polar surface area (TPSA) is 49.8 Å². The summed E-state index contributed by atoms with van der Waals surface area (Å²) in [6.07, 6.45) is 0.802. The minimum atomic E-state index is -0.269. The van der Waals surface area contributed by atoms with Crippen LogP contribution in [0.5, 0.6) is 0 Å². The third kappa shape index (κ3) is 7.74. The Hall–Kier alpha value is -0.260. The third-order valence-electron chi connectivity index (χ3n) is 0.891. The molecular weight excluding hydrogens is 136 g/mol. The van der Waals surface area contributed by atoms with Crippen LogP contribution in [0, 0.1) is 17.2 Å². The highest BCUT2D eigenvalue weighted by Crippen LogP contribution is 2.00. The molecule has 0 amide bonds. The van der Waals surface area contributed by atoms with E-state index in [-0.39, 0.29) is 18.4 Å². The van der Waals surface area contributed by atoms with Gasteiger partial charge in [-0.1, -0.05) is 13.8 Å². The van der Waals surface area contributed by atoms with Crippen molar-refractivity contribution in [2.24, 2.45) is 11.7 Å². The van der Waals surface area contributed by atoms with Crippen LogP contribution >= 0.6 is 12.4 Å². The predicted octanol–water partition coefficient (Wildman–Crippen LogP) is 1.31. The van der Waals surface area contributed by atoms with Gasteiger partial charge in [0.25, 0.3) is 0 Å². The average Bonchev–Trinajstić information content (AvgIpc) is 1.65. The second-order valence-corrected chi connectivity index (χ2v) is 2.37. The van der Waals surface area contributed by atoms with Crippen LogP contribution in [-0.2, 0) is 0 Å². The molecular formula is C6H13ClN2. The SMILES string of the molecule is CC(C)C[C@@H](N)C#N.Cl. The minimum Gasteiger partial charge on any atom is -0.316 e. The molecule has 0 aliphatic carbocycles.